The highest BCUT2D eigenvalue weighted by Gasteiger charge is 2.24. The molecule has 1 saturated heterocycles. The zero-order valence-electron chi connectivity index (χ0n) is 25.1. The number of rotatable bonds is 11. The first-order valence-corrected chi connectivity index (χ1v) is 15.4. The molecule has 6 rings (SSSR count). The number of imidazole rings is 1. The molecule has 1 amide bonds. The molecule has 44 heavy (non-hydrogen) atoms. The summed E-state index contributed by atoms with van der Waals surface area (Å²) in [4.78, 5) is 26.8. The predicted octanol–water partition coefficient (Wildman–Crippen LogP) is 6.44. The quantitative estimate of drug-likeness (QED) is 0.192. The normalized spacial score (nSPS) is 14.9. The molecule has 8 heteroatoms. The minimum absolute atomic E-state index is 0.00123. The Morgan fingerprint density at radius 3 is 2.43 bits per heavy atom. The fourth-order valence-electron chi connectivity index (χ4n) is 6.13. The number of fused-ring (bicyclic) bond motifs is 1. The van der Waals surface area contributed by atoms with E-state index in [4.69, 9.17) is 4.98 Å². The van der Waals surface area contributed by atoms with Gasteiger partial charge in [0.25, 0.3) is 5.91 Å². The van der Waals surface area contributed by atoms with E-state index in [1.807, 2.05) is 80.0 Å². The molecule has 1 unspecified atom stereocenters. The summed E-state index contributed by atoms with van der Waals surface area (Å²) < 4.78 is 16.0. The van der Waals surface area contributed by atoms with Crippen molar-refractivity contribution in [1.82, 2.24) is 24.3 Å². The molecule has 7 nitrogen and oxygen atoms in total. The number of likely N-dealkylation sites (N-methyl/N-ethyl adjacent to an activating group) is 1. The van der Waals surface area contributed by atoms with Crippen molar-refractivity contribution in [2.45, 2.75) is 37.8 Å². The van der Waals surface area contributed by atoms with E-state index < -0.39 is 0 Å². The van der Waals surface area contributed by atoms with Gasteiger partial charge in [0.1, 0.15) is 5.82 Å². The third-order valence-corrected chi connectivity index (χ3v) is 8.62. The number of halogens is 1. The van der Waals surface area contributed by atoms with Crippen molar-refractivity contribution in [2.24, 2.45) is 0 Å². The van der Waals surface area contributed by atoms with Crippen molar-refractivity contribution < 1.29 is 9.18 Å². The average molecular weight is 591 g/mol. The van der Waals surface area contributed by atoms with Gasteiger partial charge in [0.05, 0.1) is 23.3 Å². The topological polar surface area (TPSA) is 66.3 Å². The van der Waals surface area contributed by atoms with E-state index in [1.165, 1.54) is 12.1 Å². The number of pyridine rings is 1. The third kappa shape index (κ3) is 7.14. The van der Waals surface area contributed by atoms with Gasteiger partial charge in [-0.25, -0.2) is 9.37 Å². The first kappa shape index (κ1) is 29.5. The van der Waals surface area contributed by atoms with Crippen LogP contribution in [0.2, 0.25) is 0 Å². The number of likely N-dealkylation sites (tertiary alicyclic amines) is 1. The van der Waals surface area contributed by atoms with Gasteiger partial charge < -0.3 is 19.7 Å². The highest BCUT2D eigenvalue weighted by Crippen LogP contribution is 2.26. The highest BCUT2D eigenvalue weighted by atomic mass is 19.1. The van der Waals surface area contributed by atoms with Crippen LogP contribution in [0.1, 0.15) is 46.8 Å². The van der Waals surface area contributed by atoms with Gasteiger partial charge >= 0.3 is 0 Å². The lowest BCUT2D eigenvalue weighted by Crippen LogP contribution is -2.40. The molecule has 1 atom stereocenters. The SMILES string of the molecule is CN(CC(CCN1CCC(Nc2nc3ccccc3n2Cc2ccccn2)CC1)c1ccc(F)cc1)C(=O)c1ccccc1. The number of piperidine rings is 1. The van der Waals surface area contributed by atoms with Gasteiger partial charge in [-0.05, 0) is 79.9 Å². The van der Waals surface area contributed by atoms with Crippen LogP contribution in [0, 0.1) is 5.82 Å². The molecule has 1 N–H and O–H groups in total. The highest BCUT2D eigenvalue weighted by molar-refractivity contribution is 5.94. The number of hydrogen-bond acceptors (Lipinski definition) is 5. The molecule has 0 spiro atoms. The molecule has 0 aliphatic carbocycles. The minimum atomic E-state index is -0.246. The van der Waals surface area contributed by atoms with E-state index in [-0.39, 0.29) is 17.6 Å². The Labute approximate surface area is 258 Å². The number of nitrogens with zero attached hydrogens (tertiary/aromatic N) is 5. The maximum atomic E-state index is 13.7. The van der Waals surface area contributed by atoms with Gasteiger partial charge in [-0.1, -0.05) is 48.5 Å². The Morgan fingerprint density at radius 2 is 1.68 bits per heavy atom. The Kier molecular flexibility index (Phi) is 9.27. The van der Waals surface area contributed by atoms with E-state index in [0.29, 0.717) is 24.7 Å². The number of amides is 1. The fraction of sp³-hybridized carbons (Fsp3) is 0.306. The number of carbonyl (C=O) groups is 1. The van der Waals surface area contributed by atoms with Crippen molar-refractivity contribution in [3.63, 3.8) is 0 Å². The van der Waals surface area contributed by atoms with Crippen LogP contribution in [0.5, 0.6) is 0 Å². The molecule has 1 fully saturated rings. The Bertz CT molecular complexity index is 1650. The summed E-state index contributed by atoms with van der Waals surface area (Å²) in [7, 11) is 1.85. The second kappa shape index (κ2) is 13.8. The molecular weight excluding hydrogens is 551 g/mol. The minimum Gasteiger partial charge on any atom is -0.353 e. The molecule has 3 heterocycles. The van der Waals surface area contributed by atoms with Crippen LogP contribution in [0.3, 0.4) is 0 Å². The van der Waals surface area contributed by atoms with Gasteiger partial charge in [-0.2, -0.15) is 0 Å². The zero-order chi connectivity index (χ0) is 30.3. The number of benzene rings is 3. The number of para-hydroxylation sites is 2. The van der Waals surface area contributed by atoms with Crippen molar-refractivity contribution in [3.05, 3.63) is 126 Å². The van der Waals surface area contributed by atoms with Crippen molar-refractivity contribution in [3.8, 4) is 0 Å². The van der Waals surface area contributed by atoms with Crippen LogP contribution < -0.4 is 5.32 Å². The second-order valence-electron chi connectivity index (χ2n) is 11.7. The van der Waals surface area contributed by atoms with Crippen LogP contribution in [0.15, 0.2) is 103 Å². The first-order valence-electron chi connectivity index (χ1n) is 15.4. The van der Waals surface area contributed by atoms with Gasteiger partial charge in [0, 0.05) is 50.4 Å². The molecular formula is C36H39FN6O. The number of aromatic nitrogens is 3. The van der Waals surface area contributed by atoms with Gasteiger partial charge in [-0.3, -0.25) is 9.78 Å². The lowest BCUT2D eigenvalue weighted by molar-refractivity contribution is 0.0782. The number of anilines is 1. The summed E-state index contributed by atoms with van der Waals surface area (Å²) in [5.74, 6) is 0.747. The van der Waals surface area contributed by atoms with E-state index in [9.17, 15) is 9.18 Å². The van der Waals surface area contributed by atoms with E-state index >= 15 is 0 Å². The average Bonchev–Trinajstić information content (AvgIpc) is 3.40. The fourth-order valence-corrected chi connectivity index (χ4v) is 6.13. The molecule has 5 aromatic rings. The summed E-state index contributed by atoms with van der Waals surface area (Å²) >= 11 is 0. The summed E-state index contributed by atoms with van der Waals surface area (Å²) in [6.45, 7) is 4.11. The lowest BCUT2D eigenvalue weighted by Gasteiger charge is -2.34. The second-order valence-corrected chi connectivity index (χ2v) is 11.7. The lowest BCUT2D eigenvalue weighted by atomic mass is 9.94. The van der Waals surface area contributed by atoms with Crippen LogP contribution in [0.25, 0.3) is 11.0 Å². The van der Waals surface area contributed by atoms with E-state index in [2.05, 4.69) is 38.0 Å². The molecule has 0 radical (unpaired) electrons. The smallest absolute Gasteiger partial charge is 0.253 e. The number of nitrogens with one attached hydrogen (secondary N) is 1. The molecule has 1 aliphatic rings. The standard InChI is InChI=1S/C36H39FN6O/c1-41(35(44)28-9-3-2-4-10-28)25-29(27-14-16-30(37)17-15-27)18-22-42-23-19-31(20-24-42)39-36-40-33-12-5-6-13-34(33)43(36)26-32-11-7-8-21-38-32/h2-17,21,29,31H,18-20,22-26H2,1H3,(H,39,40). The predicted molar refractivity (Wildman–Crippen MR) is 173 cm³/mol. The summed E-state index contributed by atoms with van der Waals surface area (Å²) in [6.07, 6.45) is 4.74. The van der Waals surface area contributed by atoms with Crippen molar-refractivity contribution in [2.75, 3.05) is 38.5 Å². The summed E-state index contributed by atoms with van der Waals surface area (Å²) in [5, 5.41) is 3.75. The zero-order valence-corrected chi connectivity index (χ0v) is 25.1. The van der Waals surface area contributed by atoms with E-state index in [0.717, 1.165) is 67.1 Å². The molecule has 0 bridgehead atoms. The van der Waals surface area contributed by atoms with Crippen LogP contribution in [-0.4, -0.2) is 69.5 Å². The van der Waals surface area contributed by atoms with Gasteiger partial charge in [-0.15, -0.1) is 0 Å². The molecule has 0 saturated carbocycles. The Balaban J connectivity index is 1.08. The van der Waals surface area contributed by atoms with Crippen LogP contribution >= 0.6 is 0 Å². The van der Waals surface area contributed by atoms with Crippen LogP contribution in [-0.2, 0) is 6.54 Å². The molecule has 2 aromatic heterocycles. The maximum Gasteiger partial charge on any atom is 0.253 e. The molecule has 1 aliphatic heterocycles. The van der Waals surface area contributed by atoms with Gasteiger partial charge in [0.2, 0.25) is 5.95 Å². The number of carbonyl (C=O) groups excluding carboxylic acids is 1. The van der Waals surface area contributed by atoms with Crippen molar-refractivity contribution >= 4 is 22.9 Å². The first-order chi connectivity index (χ1) is 21.5. The summed E-state index contributed by atoms with van der Waals surface area (Å²) in [6, 6.07) is 30.7. The Morgan fingerprint density at radius 1 is 0.955 bits per heavy atom. The third-order valence-electron chi connectivity index (χ3n) is 8.62. The van der Waals surface area contributed by atoms with E-state index in [1.54, 1.807) is 4.90 Å². The maximum absolute atomic E-state index is 13.7. The number of hydrogen-bond donors (Lipinski definition) is 1. The molecule has 3 aromatic carbocycles. The Hall–Kier alpha value is -4.56. The van der Waals surface area contributed by atoms with Gasteiger partial charge in [0.15, 0.2) is 0 Å². The largest absolute Gasteiger partial charge is 0.353 e. The molecule has 226 valence electrons. The van der Waals surface area contributed by atoms with Crippen molar-refractivity contribution in [1.29, 1.82) is 0 Å². The summed E-state index contributed by atoms with van der Waals surface area (Å²) in [5.41, 5.74) is 4.81. The monoisotopic (exact) mass is 590 g/mol. The van der Waals surface area contributed by atoms with Crippen LogP contribution in [0.4, 0.5) is 10.3 Å².